The van der Waals surface area contributed by atoms with Gasteiger partial charge in [-0.2, -0.15) is 0 Å². The lowest BCUT2D eigenvalue weighted by Crippen LogP contribution is -2.44. The van der Waals surface area contributed by atoms with Gasteiger partial charge in [-0.05, 0) is 150 Å². The molecule has 2 aliphatic rings. The van der Waals surface area contributed by atoms with Crippen molar-refractivity contribution in [3.63, 3.8) is 0 Å². The number of ether oxygens (including phenoxy) is 6. The molecule has 15 nitrogen and oxygen atoms in total. The molecule has 0 N–H and O–H groups in total. The Labute approximate surface area is 407 Å². The zero-order chi connectivity index (χ0) is 49.4. The molecule has 0 spiro atoms. The van der Waals surface area contributed by atoms with Crippen LogP contribution in [0.5, 0.6) is 34.5 Å². The number of benzene rings is 4. The molecule has 4 aromatic carbocycles. The Balaban J connectivity index is 0.000000233. The van der Waals surface area contributed by atoms with Gasteiger partial charge >= 0.3 is 70.3 Å². The summed E-state index contributed by atoms with van der Waals surface area (Å²) in [7, 11) is -6.08. The fourth-order valence-electron chi connectivity index (χ4n) is 6.02. The first-order chi connectivity index (χ1) is 32.6. The summed E-state index contributed by atoms with van der Waals surface area (Å²) in [5.41, 5.74) is 1.11. The van der Waals surface area contributed by atoms with E-state index in [-0.39, 0.29) is 11.9 Å². The van der Waals surface area contributed by atoms with E-state index in [2.05, 4.69) is 19.7 Å². The predicted molar refractivity (Wildman–Crippen MR) is 263 cm³/mol. The van der Waals surface area contributed by atoms with Gasteiger partial charge in [0.25, 0.3) is 0 Å². The maximum absolute atomic E-state index is 12.2. The fraction of sp³-hybridized carbons (Fsp3) is 0.292. The second-order valence-corrected chi connectivity index (χ2v) is 23.9. The van der Waals surface area contributed by atoms with Crippen molar-refractivity contribution in [1.82, 2.24) is 0 Å². The topological polar surface area (TPSA) is 170 Å². The molecule has 1 saturated heterocycles. The third kappa shape index (κ3) is 20.4. The van der Waals surface area contributed by atoms with E-state index in [9.17, 15) is 19.2 Å². The lowest BCUT2D eigenvalue weighted by Gasteiger charge is -2.25. The summed E-state index contributed by atoms with van der Waals surface area (Å²) in [6.45, 7) is 22.9. The monoisotopic (exact) mass is 1010 g/mol. The maximum atomic E-state index is 12.2. The first-order valence-electron chi connectivity index (χ1n) is 21.6. The van der Waals surface area contributed by atoms with Gasteiger partial charge in [0.2, 0.25) is 0 Å². The van der Waals surface area contributed by atoms with Gasteiger partial charge in [-0.15, -0.1) is 0 Å². The van der Waals surface area contributed by atoms with E-state index in [4.69, 9.17) is 49.0 Å². The second kappa shape index (κ2) is 29.4. The van der Waals surface area contributed by atoms with Crippen molar-refractivity contribution in [2.24, 2.45) is 5.92 Å². The summed E-state index contributed by atoms with van der Waals surface area (Å²) in [4.78, 5) is 48.0. The Morgan fingerprint density at radius 3 is 1.13 bits per heavy atom. The lowest BCUT2D eigenvalue weighted by atomic mass is 9.89. The highest BCUT2D eigenvalue weighted by molar-refractivity contribution is 6.72. The fourth-order valence-corrected chi connectivity index (χ4v) is 16.8. The molecule has 4 aromatic rings. The first-order valence-corrected chi connectivity index (χ1v) is 30.7. The molecule has 1 heterocycles. The summed E-state index contributed by atoms with van der Waals surface area (Å²) >= 11 is 0. The normalized spacial score (nSPS) is 15.4. The van der Waals surface area contributed by atoms with Crippen molar-refractivity contribution in [2.75, 3.05) is 13.2 Å². The average Bonchev–Trinajstić information content (AvgIpc) is 3.31. The number of carbonyl (C=O) groups excluding carboxylic acids is 4. The third-order valence-corrected chi connectivity index (χ3v) is 20.6. The van der Waals surface area contributed by atoms with E-state index in [0.717, 1.165) is 25.7 Å². The average molecular weight is 1010 g/mol. The molecule has 20 heteroatoms. The molecule has 0 atom stereocenters. The number of hydrogen-bond donors (Lipinski definition) is 0. The number of rotatable bonds is 14. The molecule has 1 saturated carbocycles. The van der Waals surface area contributed by atoms with Gasteiger partial charge in [0, 0.05) is 5.57 Å². The van der Waals surface area contributed by atoms with Crippen LogP contribution in [0.1, 0.15) is 59.7 Å². The Kier molecular flexibility index (Phi) is 23.8. The Hall–Kier alpha value is -5.54. The molecule has 1 aliphatic heterocycles. The van der Waals surface area contributed by atoms with Crippen LogP contribution in [0.4, 0.5) is 0 Å². The van der Waals surface area contributed by atoms with Crippen LogP contribution in [0.25, 0.3) is 0 Å². The van der Waals surface area contributed by atoms with Crippen LogP contribution >= 0.6 is 0 Å². The molecule has 0 unspecified atom stereocenters. The highest BCUT2D eigenvalue weighted by Gasteiger charge is 2.30. The molecule has 0 amide bonds. The van der Waals surface area contributed by atoms with Gasteiger partial charge in [-0.3, -0.25) is 4.79 Å². The quantitative estimate of drug-likeness (QED) is 0.0384. The molecule has 1 aliphatic carbocycles. The van der Waals surface area contributed by atoms with Crippen LogP contribution in [-0.2, 0) is 30.2 Å². The minimum Gasteiger partial charge on any atom is -0.490 e. The van der Waals surface area contributed by atoms with Crippen molar-refractivity contribution in [2.45, 2.75) is 71.8 Å². The van der Waals surface area contributed by atoms with E-state index >= 15 is 0 Å². The van der Waals surface area contributed by atoms with Crippen LogP contribution in [0.15, 0.2) is 135 Å². The number of carbonyl (C=O) groups is 4. The lowest BCUT2D eigenvalue weighted by molar-refractivity contribution is -0.140. The number of esters is 4. The zero-order valence-electron chi connectivity index (χ0n) is 39.2. The van der Waals surface area contributed by atoms with Crippen molar-refractivity contribution in [1.29, 1.82) is 0 Å². The van der Waals surface area contributed by atoms with Crippen LogP contribution in [-0.4, -0.2) is 83.5 Å². The zero-order valence-corrected chi connectivity index (χ0v) is 44.2. The highest BCUT2D eigenvalue weighted by Crippen LogP contribution is 2.27. The van der Waals surface area contributed by atoms with Crippen molar-refractivity contribution in [3.05, 3.63) is 146 Å². The van der Waals surface area contributed by atoms with Gasteiger partial charge in [0.05, 0.1) is 17.0 Å². The first kappa shape index (κ1) is 55.1. The van der Waals surface area contributed by atoms with Gasteiger partial charge in [0.1, 0.15) is 47.7 Å². The predicted octanol–water partition coefficient (Wildman–Crippen LogP) is 9.58. The van der Waals surface area contributed by atoms with Crippen molar-refractivity contribution < 1.29 is 68.2 Å². The van der Waals surface area contributed by atoms with Gasteiger partial charge in [-0.25, -0.2) is 14.4 Å². The van der Waals surface area contributed by atoms with Crippen LogP contribution in [0.3, 0.4) is 0 Å². The molecule has 6 rings (SSSR count). The molecule has 5 radical (unpaired) electrons. The summed E-state index contributed by atoms with van der Waals surface area (Å²) in [6, 6.07) is 25.9. The maximum Gasteiger partial charge on any atom is 0.362 e. The highest BCUT2D eigenvalue weighted by atomic mass is 28.5. The largest absolute Gasteiger partial charge is 0.490 e. The van der Waals surface area contributed by atoms with Crippen LogP contribution in [0.2, 0.25) is 32.7 Å². The summed E-state index contributed by atoms with van der Waals surface area (Å²) < 4.78 is 60.2. The van der Waals surface area contributed by atoms with Crippen molar-refractivity contribution in [3.8, 4) is 34.5 Å². The van der Waals surface area contributed by atoms with E-state index in [1.54, 1.807) is 104 Å². The van der Waals surface area contributed by atoms with E-state index in [1.807, 2.05) is 32.7 Å². The molecular weight excluding hydrogens is 957 g/mol. The van der Waals surface area contributed by atoms with Crippen molar-refractivity contribution >= 4 is 70.3 Å². The van der Waals surface area contributed by atoms with Crippen LogP contribution in [0, 0.1) is 5.92 Å². The minimum atomic E-state index is -1.22. The summed E-state index contributed by atoms with van der Waals surface area (Å²) in [5.74, 6) is 1.15. The van der Waals surface area contributed by atoms with Gasteiger partial charge < -0.3 is 49.0 Å². The molecule has 0 aromatic heterocycles. The number of hydrogen-bond acceptors (Lipinski definition) is 15. The Bertz CT molecular complexity index is 2180. The molecule has 359 valence electrons. The summed E-state index contributed by atoms with van der Waals surface area (Å²) in [6.07, 6.45) is 8.43. The smallest absolute Gasteiger partial charge is 0.362 e. The summed E-state index contributed by atoms with van der Waals surface area (Å²) in [5, 5.41) is 0. The second-order valence-electron chi connectivity index (χ2n) is 14.9. The third-order valence-electron chi connectivity index (χ3n) is 9.14. The molecule has 68 heavy (non-hydrogen) atoms. The van der Waals surface area contributed by atoms with E-state index in [1.165, 1.54) is 18.6 Å². The van der Waals surface area contributed by atoms with E-state index in [0.29, 0.717) is 64.4 Å². The Morgan fingerprint density at radius 1 is 0.500 bits per heavy atom. The Morgan fingerprint density at radius 2 is 0.809 bits per heavy atom. The van der Waals surface area contributed by atoms with Gasteiger partial charge in [0.15, 0.2) is 0 Å². The molecule has 0 bridgehead atoms. The minimum absolute atomic E-state index is 0.00955. The van der Waals surface area contributed by atoms with Crippen LogP contribution < -0.4 is 28.4 Å². The van der Waals surface area contributed by atoms with Gasteiger partial charge in [-0.1, -0.05) is 51.2 Å². The SMILES string of the molecule is C=CCOc1ccc(C(=O)Oc2ccc(OC(=O)C(=C)C)cc2)cc1.C=CCOc1ccc(C(=O)Oc2ccc(OC(=O)C3CCCCC3)cc2)cc1.C[Si]1O[Si](C)O[Si](C)O[Si](C)O[Si](C)O1. The molecular formula is C48H57O15Si5. The standard InChI is InChI=1S/C23H24O5.C20H18O5.C5H15O5Si5/c1-2-16-26-19-10-8-18(9-11-19)23(25)28-21-14-12-20(13-15-21)27-22(24)17-6-4-3-5-7-17;1-4-13-23-16-7-5-15(6-8-16)20(22)25-18-11-9-17(10-12-18)24-19(21)14(2)3;1-11-6-12(2)8-14(4)10-15(5)9-13(3)7-11/h2,8-15,17H,1,3-7,16H2;4-12H,1-2,13H2,3H3;1-5H3. The molecule has 2 fully saturated rings. The van der Waals surface area contributed by atoms with E-state index < -0.39 is 64.3 Å².